The number of para-hydroxylation sites is 1. The van der Waals surface area contributed by atoms with Gasteiger partial charge in [-0.2, -0.15) is 0 Å². The third-order valence-corrected chi connectivity index (χ3v) is 2.38. The molecule has 20 heavy (non-hydrogen) atoms. The molecule has 0 unspecified atom stereocenters. The van der Waals surface area contributed by atoms with E-state index in [2.05, 4.69) is 10.4 Å². The summed E-state index contributed by atoms with van der Waals surface area (Å²) in [4.78, 5) is 11.7. The molecule has 1 aromatic heterocycles. The number of hydrogen-bond acceptors (Lipinski definition) is 4. The van der Waals surface area contributed by atoms with Gasteiger partial charge in [0, 0.05) is 0 Å². The number of ether oxygens (including phenoxy) is 1. The maximum atomic E-state index is 11.7. The van der Waals surface area contributed by atoms with Gasteiger partial charge in [0.1, 0.15) is 5.60 Å². The van der Waals surface area contributed by atoms with Gasteiger partial charge < -0.3 is 10.5 Å². The van der Waals surface area contributed by atoms with Crippen molar-refractivity contribution in [2.45, 2.75) is 26.4 Å². The monoisotopic (exact) mass is 274 g/mol. The molecule has 3 N–H and O–H groups in total. The Morgan fingerprint density at radius 3 is 2.55 bits per heavy atom. The van der Waals surface area contributed by atoms with Crippen LogP contribution in [0.2, 0.25) is 0 Å². The van der Waals surface area contributed by atoms with Crippen LogP contribution in [0.15, 0.2) is 36.5 Å². The average molecular weight is 274 g/mol. The summed E-state index contributed by atoms with van der Waals surface area (Å²) >= 11 is 0. The minimum atomic E-state index is -0.581. The van der Waals surface area contributed by atoms with Crippen molar-refractivity contribution < 1.29 is 9.53 Å². The molecule has 0 aliphatic heterocycles. The maximum absolute atomic E-state index is 11.7. The van der Waals surface area contributed by atoms with Gasteiger partial charge >= 0.3 is 6.09 Å². The molecule has 0 spiro atoms. The van der Waals surface area contributed by atoms with Crippen molar-refractivity contribution in [3.63, 3.8) is 0 Å². The lowest BCUT2D eigenvalue weighted by Gasteiger charge is -2.19. The number of carbonyl (C=O) groups excluding carboxylic acids is 1. The van der Waals surface area contributed by atoms with Crippen molar-refractivity contribution >= 4 is 17.6 Å². The fourth-order valence-electron chi connectivity index (χ4n) is 1.60. The number of nitrogens with two attached hydrogens (primary N) is 1. The molecular weight excluding hydrogens is 256 g/mol. The predicted molar refractivity (Wildman–Crippen MR) is 77.8 cm³/mol. The van der Waals surface area contributed by atoms with Crippen molar-refractivity contribution in [1.82, 2.24) is 9.78 Å². The topological polar surface area (TPSA) is 82.2 Å². The third-order valence-electron chi connectivity index (χ3n) is 2.38. The van der Waals surface area contributed by atoms with E-state index < -0.39 is 11.7 Å². The summed E-state index contributed by atoms with van der Waals surface area (Å²) in [5.74, 6) is 0.281. The van der Waals surface area contributed by atoms with E-state index in [9.17, 15) is 4.79 Å². The largest absolute Gasteiger partial charge is 0.444 e. The maximum Gasteiger partial charge on any atom is 0.413 e. The van der Waals surface area contributed by atoms with Gasteiger partial charge in [-0.1, -0.05) is 18.2 Å². The Kier molecular flexibility index (Phi) is 3.65. The summed E-state index contributed by atoms with van der Waals surface area (Å²) in [6.45, 7) is 5.37. The number of amides is 1. The zero-order valence-electron chi connectivity index (χ0n) is 11.8. The Morgan fingerprint density at radius 2 is 1.95 bits per heavy atom. The lowest BCUT2D eigenvalue weighted by molar-refractivity contribution is 0.0635. The number of benzene rings is 1. The lowest BCUT2D eigenvalue weighted by atomic mass is 10.2. The quantitative estimate of drug-likeness (QED) is 0.882. The zero-order chi connectivity index (χ0) is 14.8. The first-order valence-corrected chi connectivity index (χ1v) is 6.26. The molecule has 6 heteroatoms. The molecule has 6 nitrogen and oxygen atoms in total. The van der Waals surface area contributed by atoms with Crippen molar-refractivity contribution in [1.29, 1.82) is 0 Å². The number of rotatable bonds is 2. The van der Waals surface area contributed by atoms with Gasteiger partial charge in [-0.15, -0.1) is 5.10 Å². The molecular formula is C14H18N4O2. The van der Waals surface area contributed by atoms with Gasteiger partial charge in [0.25, 0.3) is 0 Å². The minimum absolute atomic E-state index is 0.281. The summed E-state index contributed by atoms with van der Waals surface area (Å²) in [5, 5.41) is 6.77. The highest BCUT2D eigenvalue weighted by Gasteiger charge is 2.18. The van der Waals surface area contributed by atoms with Crippen LogP contribution < -0.4 is 11.1 Å². The van der Waals surface area contributed by atoms with Gasteiger partial charge in [-0.25, -0.2) is 9.48 Å². The third kappa shape index (κ3) is 3.50. The normalized spacial score (nSPS) is 11.2. The van der Waals surface area contributed by atoms with E-state index in [1.165, 1.54) is 0 Å². The molecule has 2 aromatic rings. The first kappa shape index (κ1) is 13.9. The molecule has 0 aliphatic carbocycles. The average Bonchev–Trinajstić information content (AvgIpc) is 2.70. The van der Waals surface area contributed by atoms with Crippen LogP contribution in [0, 0.1) is 0 Å². The molecule has 0 atom stereocenters. The van der Waals surface area contributed by atoms with E-state index >= 15 is 0 Å². The Balaban J connectivity index is 2.15. The molecule has 0 fully saturated rings. The van der Waals surface area contributed by atoms with E-state index in [-0.39, 0.29) is 5.82 Å². The number of nitrogen functional groups attached to an aromatic ring is 1. The Hall–Kier alpha value is -2.50. The first-order chi connectivity index (χ1) is 9.35. The molecule has 1 amide bonds. The van der Waals surface area contributed by atoms with Gasteiger partial charge in [-0.3, -0.25) is 5.32 Å². The van der Waals surface area contributed by atoms with Gasteiger partial charge in [0.2, 0.25) is 0 Å². The molecule has 0 aliphatic rings. The van der Waals surface area contributed by atoms with E-state index in [4.69, 9.17) is 10.5 Å². The molecule has 0 saturated carbocycles. The number of carbonyl (C=O) groups is 1. The second kappa shape index (κ2) is 5.24. The van der Waals surface area contributed by atoms with Crippen molar-refractivity contribution in [3.8, 4) is 5.69 Å². The van der Waals surface area contributed by atoms with Gasteiger partial charge in [0.05, 0.1) is 17.6 Å². The highest BCUT2D eigenvalue weighted by atomic mass is 16.6. The molecule has 0 saturated heterocycles. The van der Waals surface area contributed by atoms with Crippen LogP contribution >= 0.6 is 0 Å². The van der Waals surface area contributed by atoms with Crippen LogP contribution in [0.1, 0.15) is 20.8 Å². The SMILES string of the molecule is CC(C)(C)OC(=O)Nc1nn(-c2ccccc2)cc1N. The molecule has 1 heterocycles. The van der Waals surface area contributed by atoms with E-state index in [0.717, 1.165) is 5.69 Å². The lowest BCUT2D eigenvalue weighted by Crippen LogP contribution is -2.27. The highest BCUT2D eigenvalue weighted by molar-refractivity contribution is 5.87. The van der Waals surface area contributed by atoms with Crippen LogP contribution in [0.5, 0.6) is 0 Å². The second-order valence-electron chi connectivity index (χ2n) is 5.34. The van der Waals surface area contributed by atoms with Crippen LogP contribution in [0.3, 0.4) is 0 Å². The smallest absolute Gasteiger partial charge is 0.413 e. The minimum Gasteiger partial charge on any atom is -0.444 e. The molecule has 106 valence electrons. The van der Waals surface area contributed by atoms with Crippen LogP contribution in [-0.2, 0) is 4.74 Å². The number of hydrogen-bond donors (Lipinski definition) is 2. The molecule has 0 bridgehead atoms. The fourth-order valence-corrected chi connectivity index (χ4v) is 1.60. The number of nitrogens with zero attached hydrogens (tertiary/aromatic N) is 2. The van der Waals surface area contributed by atoms with Crippen LogP contribution in [-0.4, -0.2) is 21.5 Å². The second-order valence-corrected chi connectivity index (χ2v) is 5.34. The fraction of sp³-hybridized carbons (Fsp3) is 0.286. The van der Waals surface area contributed by atoms with Gasteiger partial charge in [0.15, 0.2) is 5.82 Å². The zero-order valence-corrected chi connectivity index (χ0v) is 11.8. The molecule has 0 radical (unpaired) electrons. The number of aromatic nitrogens is 2. The predicted octanol–water partition coefficient (Wildman–Crippen LogP) is 2.80. The number of nitrogens with one attached hydrogen (secondary N) is 1. The van der Waals surface area contributed by atoms with E-state index in [0.29, 0.717) is 5.69 Å². The van der Waals surface area contributed by atoms with Gasteiger partial charge in [-0.05, 0) is 32.9 Å². The summed E-state index contributed by atoms with van der Waals surface area (Å²) in [5.41, 5.74) is 6.50. The first-order valence-electron chi connectivity index (χ1n) is 6.26. The number of anilines is 2. The summed E-state index contributed by atoms with van der Waals surface area (Å²) in [7, 11) is 0. The molecule has 1 aromatic carbocycles. The van der Waals surface area contributed by atoms with E-state index in [1.807, 2.05) is 30.3 Å². The summed E-state index contributed by atoms with van der Waals surface area (Å²) in [6, 6.07) is 9.49. The summed E-state index contributed by atoms with van der Waals surface area (Å²) < 4.78 is 6.76. The highest BCUT2D eigenvalue weighted by Crippen LogP contribution is 2.19. The van der Waals surface area contributed by atoms with E-state index in [1.54, 1.807) is 31.6 Å². The Labute approximate surface area is 117 Å². The van der Waals surface area contributed by atoms with Crippen molar-refractivity contribution in [2.24, 2.45) is 0 Å². The standard InChI is InChI=1S/C14H18N4O2/c1-14(2,3)20-13(19)16-12-11(15)9-18(17-12)10-7-5-4-6-8-10/h4-9H,15H2,1-3H3,(H,16,17,19). The van der Waals surface area contributed by atoms with Crippen LogP contribution in [0.4, 0.5) is 16.3 Å². The molecule has 2 rings (SSSR count). The Bertz CT molecular complexity index is 599. The van der Waals surface area contributed by atoms with Crippen LogP contribution in [0.25, 0.3) is 5.69 Å². The van der Waals surface area contributed by atoms with Crippen molar-refractivity contribution in [3.05, 3.63) is 36.5 Å². The Morgan fingerprint density at radius 1 is 1.30 bits per heavy atom. The van der Waals surface area contributed by atoms with Crippen molar-refractivity contribution in [2.75, 3.05) is 11.1 Å². The summed E-state index contributed by atoms with van der Waals surface area (Å²) in [6.07, 6.45) is 1.06.